The minimum Gasteiger partial charge on any atom is -0.482 e. The summed E-state index contributed by atoms with van der Waals surface area (Å²) in [7, 11) is 0. The van der Waals surface area contributed by atoms with E-state index in [1.807, 2.05) is 0 Å². The van der Waals surface area contributed by atoms with Crippen LogP contribution in [0, 0.1) is 5.41 Å². The normalized spacial score (nSPS) is 15.9. The second-order valence-corrected chi connectivity index (χ2v) is 5.49. The van der Waals surface area contributed by atoms with Gasteiger partial charge in [0.05, 0.1) is 0 Å². The molecule has 21 heavy (non-hydrogen) atoms. The molecule has 0 spiro atoms. The van der Waals surface area contributed by atoms with Gasteiger partial charge in [-0.3, -0.25) is 4.79 Å². The maximum absolute atomic E-state index is 12.0. The third-order valence-corrected chi connectivity index (χ3v) is 3.88. The van der Waals surface area contributed by atoms with Crippen LogP contribution in [0.15, 0.2) is 24.3 Å². The Morgan fingerprint density at radius 3 is 2.43 bits per heavy atom. The van der Waals surface area contributed by atoms with Crippen molar-refractivity contribution in [1.29, 1.82) is 0 Å². The van der Waals surface area contributed by atoms with E-state index in [0.29, 0.717) is 24.4 Å². The van der Waals surface area contributed by atoms with E-state index in [-0.39, 0.29) is 17.9 Å². The van der Waals surface area contributed by atoms with Gasteiger partial charge in [-0.15, -0.1) is 0 Å². The highest BCUT2D eigenvalue weighted by molar-refractivity contribution is 5.91. The van der Waals surface area contributed by atoms with Crippen LogP contribution in [0.3, 0.4) is 0 Å². The fourth-order valence-electron chi connectivity index (χ4n) is 2.46. The number of anilines is 1. The summed E-state index contributed by atoms with van der Waals surface area (Å²) in [6, 6.07) is 6.62. The van der Waals surface area contributed by atoms with E-state index in [1.54, 1.807) is 24.3 Å². The summed E-state index contributed by atoms with van der Waals surface area (Å²) in [5, 5.41) is 11.3. The third-order valence-electron chi connectivity index (χ3n) is 3.88. The highest BCUT2D eigenvalue weighted by Crippen LogP contribution is 2.43. The van der Waals surface area contributed by atoms with Crippen molar-refractivity contribution in [1.82, 2.24) is 0 Å². The summed E-state index contributed by atoms with van der Waals surface area (Å²) in [6.07, 6.45) is 3.61. The van der Waals surface area contributed by atoms with E-state index < -0.39 is 5.97 Å². The van der Waals surface area contributed by atoms with Gasteiger partial charge in [-0.25, -0.2) is 4.79 Å². The molecule has 1 fully saturated rings. The minimum absolute atomic E-state index is 0.0192. The first-order chi connectivity index (χ1) is 10.0. The molecule has 0 radical (unpaired) electrons. The monoisotopic (exact) mass is 292 g/mol. The van der Waals surface area contributed by atoms with E-state index in [0.717, 1.165) is 19.3 Å². The Hall–Kier alpha value is -2.08. The van der Waals surface area contributed by atoms with Crippen LogP contribution < -0.4 is 15.8 Å². The summed E-state index contributed by atoms with van der Waals surface area (Å²) in [4.78, 5) is 22.4. The van der Waals surface area contributed by atoms with Crippen molar-refractivity contribution >= 4 is 17.6 Å². The molecule has 0 unspecified atom stereocenters. The molecule has 0 aromatic heterocycles. The lowest BCUT2D eigenvalue weighted by molar-refractivity contribution is -0.139. The third kappa shape index (κ3) is 4.19. The molecule has 6 heteroatoms. The van der Waals surface area contributed by atoms with Crippen LogP contribution in [0.4, 0.5) is 5.69 Å². The summed E-state index contributed by atoms with van der Waals surface area (Å²) in [6.45, 7) is 0.160. The van der Waals surface area contributed by atoms with Gasteiger partial charge in [-0.1, -0.05) is 6.42 Å². The number of carbonyl (C=O) groups is 2. The zero-order valence-electron chi connectivity index (χ0n) is 11.8. The Kier molecular flexibility index (Phi) is 4.80. The fourth-order valence-corrected chi connectivity index (χ4v) is 2.46. The predicted molar refractivity (Wildman–Crippen MR) is 78.2 cm³/mol. The second kappa shape index (κ2) is 6.58. The molecule has 0 atom stereocenters. The molecule has 1 amide bonds. The van der Waals surface area contributed by atoms with Crippen molar-refractivity contribution in [2.75, 3.05) is 18.5 Å². The van der Waals surface area contributed by atoms with Gasteiger partial charge >= 0.3 is 5.97 Å². The van der Waals surface area contributed by atoms with Crippen LogP contribution >= 0.6 is 0 Å². The quantitative estimate of drug-likeness (QED) is 0.708. The zero-order chi connectivity index (χ0) is 15.3. The zero-order valence-corrected chi connectivity index (χ0v) is 11.8. The molecule has 1 aliphatic carbocycles. The van der Waals surface area contributed by atoms with Gasteiger partial charge in [0.15, 0.2) is 6.61 Å². The van der Waals surface area contributed by atoms with Gasteiger partial charge < -0.3 is 20.9 Å². The fraction of sp³-hybridized carbons (Fsp3) is 0.467. The van der Waals surface area contributed by atoms with Gasteiger partial charge in [-0.2, -0.15) is 0 Å². The minimum atomic E-state index is -1.03. The van der Waals surface area contributed by atoms with Crippen LogP contribution in [0.2, 0.25) is 0 Å². The lowest BCUT2D eigenvalue weighted by Crippen LogP contribution is -2.40. The molecule has 1 aliphatic rings. The smallest absolute Gasteiger partial charge is 0.341 e. The summed E-state index contributed by atoms with van der Waals surface area (Å²) >= 11 is 0. The number of amides is 1. The highest BCUT2D eigenvalue weighted by atomic mass is 16.5. The summed E-state index contributed by atoms with van der Waals surface area (Å²) in [5.74, 6) is -0.618. The Labute approximate surface area is 123 Å². The van der Waals surface area contributed by atoms with E-state index in [4.69, 9.17) is 15.6 Å². The predicted octanol–water partition coefficient (Wildman–Crippen LogP) is 1.61. The molecular formula is C15H20N2O4. The Bertz CT molecular complexity index is 503. The molecule has 4 N–H and O–H groups in total. The molecule has 1 saturated carbocycles. The van der Waals surface area contributed by atoms with Gasteiger partial charge in [0.2, 0.25) is 5.91 Å². The maximum Gasteiger partial charge on any atom is 0.341 e. The molecule has 0 saturated heterocycles. The first-order valence-electron chi connectivity index (χ1n) is 6.98. The van der Waals surface area contributed by atoms with E-state index in [2.05, 4.69) is 5.32 Å². The molecule has 0 aliphatic heterocycles. The van der Waals surface area contributed by atoms with E-state index >= 15 is 0 Å². The van der Waals surface area contributed by atoms with Crippen LogP contribution in [0.25, 0.3) is 0 Å². The van der Waals surface area contributed by atoms with Crippen molar-refractivity contribution in [2.24, 2.45) is 11.1 Å². The maximum atomic E-state index is 12.0. The number of nitrogens with one attached hydrogen (secondary N) is 1. The number of benzene rings is 1. The molecule has 2 rings (SSSR count). The molecular weight excluding hydrogens is 272 g/mol. The number of hydrogen-bond donors (Lipinski definition) is 3. The summed E-state index contributed by atoms with van der Waals surface area (Å²) < 4.78 is 5.02. The number of rotatable bonds is 7. The molecule has 114 valence electrons. The van der Waals surface area contributed by atoms with Crippen LogP contribution in [-0.2, 0) is 9.59 Å². The molecule has 0 heterocycles. The molecule has 0 bridgehead atoms. The number of carboxylic acid groups (broad SMARTS) is 1. The standard InChI is InChI=1S/C15H20N2O4/c16-10-15(6-1-7-15)8-13(18)17-11-2-4-12(5-3-11)21-9-14(19)20/h2-5H,1,6-10,16H2,(H,17,18)(H,19,20). The van der Waals surface area contributed by atoms with Gasteiger partial charge in [-0.05, 0) is 49.1 Å². The SMILES string of the molecule is NCC1(CC(=O)Nc2ccc(OCC(=O)O)cc2)CCC1. The first-order valence-corrected chi connectivity index (χ1v) is 6.98. The average molecular weight is 292 g/mol. The lowest BCUT2D eigenvalue weighted by atomic mass is 9.66. The number of ether oxygens (including phenoxy) is 1. The topological polar surface area (TPSA) is 102 Å². The van der Waals surface area contributed by atoms with Crippen LogP contribution in [0.1, 0.15) is 25.7 Å². The van der Waals surface area contributed by atoms with Crippen molar-refractivity contribution in [2.45, 2.75) is 25.7 Å². The summed E-state index contributed by atoms with van der Waals surface area (Å²) in [5.41, 5.74) is 6.39. The van der Waals surface area contributed by atoms with Crippen molar-refractivity contribution in [3.8, 4) is 5.75 Å². The molecule has 1 aromatic carbocycles. The van der Waals surface area contributed by atoms with Crippen molar-refractivity contribution in [3.05, 3.63) is 24.3 Å². The first kappa shape index (κ1) is 15.3. The Morgan fingerprint density at radius 2 is 1.95 bits per heavy atom. The van der Waals surface area contributed by atoms with Crippen LogP contribution in [-0.4, -0.2) is 30.1 Å². The van der Waals surface area contributed by atoms with Gasteiger partial charge in [0, 0.05) is 12.1 Å². The van der Waals surface area contributed by atoms with Crippen molar-refractivity contribution < 1.29 is 19.4 Å². The van der Waals surface area contributed by atoms with Crippen molar-refractivity contribution in [3.63, 3.8) is 0 Å². The Balaban J connectivity index is 1.85. The van der Waals surface area contributed by atoms with E-state index in [9.17, 15) is 9.59 Å². The second-order valence-electron chi connectivity index (χ2n) is 5.49. The molecule has 1 aromatic rings. The number of carboxylic acids is 1. The van der Waals surface area contributed by atoms with Crippen LogP contribution in [0.5, 0.6) is 5.75 Å². The number of carbonyl (C=O) groups excluding carboxylic acids is 1. The molecule has 6 nitrogen and oxygen atoms in total. The lowest BCUT2D eigenvalue weighted by Gasteiger charge is -2.40. The Morgan fingerprint density at radius 1 is 1.29 bits per heavy atom. The van der Waals surface area contributed by atoms with Gasteiger partial charge in [0.25, 0.3) is 0 Å². The average Bonchev–Trinajstić information content (AvgIpc) is 2.42. The largest absolute Gasteiger partial charge is 0.482 e. The number of aliphatic carboxylic acids is 1. The van der Waals surface area contributed by atoms with E-state index in [1.165, 1.54) is 0 Å². The highest BCUT2D eigenvalue weighted by Gasteiger charge is 2.37. The number of nitrogens with two attached hydrogens (primary N) is 1. The van der Waals surface area contributed by atoms with Gasteiger partial charge in [0.1, 0.15) is 5.75 Å². The number of hydrogen-bond acceptors (Lipinski definition) is 4.